The van der Waals surface area contributed by atoms with Gasteiger partial charge >= 0.3 is 0 Å². The van der Waals surface area contributed by atoms with Crippen LogP contribution in [0, 0.1) is 11.2 Å². The summed E-state index contributed by atoms with van der Waals surface area (Å²) < 4.78 is 20.8. The standard InChI is InChI=1S/C15H18FN5O2.ClH/c16-12-7-11(1-2-13(12)21-10-18-9-19-21)20-14(22)15(8-17)3-5-23-6-4-15;/h1-2,7,9-10H,3-6,8,17H2,(H,20,22);1H. The van der Waals surface area contributed by atoms with Crippen molar-refractivity contribution >= 4 is 24.0 Å². The number of ether oxygens (including phenoxy) is 1. The molecule has 3 N–H and O–H groups in total. The van der Waals surface area contributed by atoms with E-state index in [1.807, 2.05) is 0 Å². The third kappa shape index (κ3) is 3.55. The Labute approximate surface area is 144 Å². The Morgan fingerprint density at radius 1 is 1.42 bits per heavy atom. The molecule has 2 heterocycles. The van der Waals surface area contributed by atoms with Gasteiger partial charge in [-0.25, -0.2) is 14.1 Å². The molecule has 1 aliphatic rings. The number of carbonyl (C=O) groups is 1. The third-order valence-electron chi connectivity index (χ3n) is 4.19. The highest BCUT2D eigenvalue weighted by Crippen LogP contribution is 2.31. The molecule has 9 heteroatoms. The van der Waals surface area contributed by atoms with Crippen molar-refractivity contribution in [2.45, 2.75) is 12.8 Å². The SMILES string of the molecule is Cl.NCC1(C(=O)Nc2ccc(-n3cncn3)c(F)c2)CCOCC1. The molecule has 0 atom stereocenters. The molecule has 0 unspecified atom stereocenters. The number of carbonyl (C=O) groups excluding carboxylic acids is 1. The van der Waals surface area contributed by atoms with Crippen LogP contribution >= 0.6 is 12.4 Å². The molecule has 0 saturated carbocycles. The first-order valence-electron chi connectivity index (χ1n) is 7.38. The second-order valence-corrected chi connectivity index (χ2v) is 5.56. The largest absolute Gasteiger partial charge is 0.381 e. The topological polar surface area (TPSA) is 95.1 Å². The van der Waals surface area contributed by atoms with Crippen LogP contribution in [0.25, 0.3) is 5.69 Å². The van der Waals surface area contributed by atoms with Gasteiger partial charge in [-0.3, -0.25) is 4.79 Å². The molecule has 130 valence electrons. The molecule has 0 bridgehead atoms. The minimum absolute atomic E-state index is 0. The molecule has 3 rings (SSSR count). The van der Waals surface area contributed by atoms with Gasteiger partial charge in [0.15, 0.2) is 5.82 Å². The summed E-state index contributed by atoms with van der Waals surface area (Å²) in [6, 6.07) is 4.43. The Morgan fingerprint density at radius 3 is 2.75 bits per heavy atom. The van der Waals surface area contributed by atoms with E-state index in [0.717, 1.165) is 0 Å². The van der Waals surface area contributed by atoms with Crippen molar-refractivity contribution in [2.24, 2.45) is 11.1 Å². The molecule has 1 saturated heterocycles. The molecular weight excluding hydrogens is 337 g/mol. The Morgan fingerprint density at radius 2 is 2.17 bits per heavy atom. The number of nitrogens with zero attached hydrogens (tertiary/aromatic N) is 3. The summed E-state index contributed by atoms with van der Waals surface area (Å²) in [6.07, 6.45) is 3.86. The van der Waals surface area contributed by atoms with E-state index in [0.29, 0.717) is 31.7 Å². The van der Waals surface area contributed by atoms with Gasteiger partial charge < -0.3 is 15.8 Å². The van der Waals surface area contributed by atoms with Gasteiger partial charge in [-0.15, -0.1) is 12.4 Å². The molecule has 7 nitrogen and oxygen atoms in total. The maximum Gasteiger partial charge on any atom is 0.232 e. The molecule has 1 aliphatic heterocycles. The lowest BCUT2D eigenvalue weighted by Crippen LogP contribution is -2.46. The van der Waals surface area contributed by atoms with E-state index >= 15 is 0 Å². The van der Waals surface area contributed by atoms with Gasteiger partial charge in [0.1, 0.15) is 18.3 Å². The van der Waals surface area contributed by atoms with Crippen molar-refractivity contribution in [3.05, 3.63) is 36.7 Å². The smallest absolute Gasteiger partial charge is 0.232 e. The fourth-order valence-electron chi connectivity index (χ4n) is 2.65. The molecule has 1 fully saturated rings. The number of rotatable bonds is 4. The van der Waals surface area contributed by atoms with Crippen LogP contribution in [0.2, 0.25) is 0 Å². The number of halogens is 2. The van der Waals surface area contributed by atoms with Crippen LogP contribution in [-0.2, 0) is 9.53 Å². The number of hydrogen-bond donors (Lipinski definition) is 2. The minimum Gasteiger partial charge on any atom is -0.381 e. The zero-order valence-corrected chi connectivity index (χ0v) is 13.8. The zero-order chi connectivity index (χ0) is 16.3. The number of hydrogen-bond acceptors (Lipinski definition) is 5. The number of amides is 1. The average molecular weight is 356 g/mol. The van der Waals surface area contributed by atoms with Crippen LogP contribution in [0.15, 0.2) is 30.9 Å². The number of nitrogens with two attached hydrogens (primary N) is 1. The van der Waals surface area contributed by atoms with E-state index in [-0.39, 0.29) is 30.5 Å². The van der Waals surface area contributed by atoms with Crippen LogP contribution in [0.4, 0.5) is 10.1 Å². The molecule has 1 aromatic heterocycles. The van der Waals surface area contributed by atoms with Crippen molar-refractivity contribution in [2.75, 3.05) is 25.1 Å². The predicted molar refractivity (Wildman–Crippen MR) is 88.7 cm³/mol. The predicted octanol–water partition coefficient (Wildman–Crippen LogP) is 1.52. The summed E-state index contributed by atoms with van der Waals surface area (Å²) in [6.45, 7) is 1.25. The average Bonchev–Trinajstić information content (AvgIpc) is 3.09. The van der Waals surface area contributed by atoms with Crippen LogP contribution in [-0.4, -0.2) is 40.4 Å². The van der Waals surface area contributed by atoms with Crippen molar-refractivity contribution in [3.63, 3.8) is 0 Å². The second kappa shape index (κ2) is 7.69. The highest BCUT2D eigenvalue weighted by molar-refractivity contribution is 5.95. The van der Waals surface area contributed by atoms with Crippen molar-refractivity contribution in [1.29, 1.82) is 0 Å². The normalized spacial score (nSPS) is 16.2. The molecule has 24 heavy (non-hydrogen) atoms. The number of nitrogens with one attached hydrogen (secondary N) is 1. The van der Waals surface area contributed by atoms with E-state index in [1.165, 1.54) is 23.4 Å². The van der Waals surface area contributed by atoms with Gasteiger partial charge in [0.2, 0.25) is 5.91 Å². The Hall–Kier alpha value is -2.03. The van der Waals surface area contributed by atoms with Gasteiger partial charge in [0.05, 0.1) is 5.41 Å². The van der Waals surface area contributed by atoms with Gasteiger partial charge in [-0.05, 0) is 31.0 Å². The highest BCUT2D eigenvalue weighted by atomic mass is 35.5. The Balaban J connectivity index is 0.00000208. The van der Waals surface area contributed by atoms with E-state index < -0.39 is 11.2 Å². The molecule has 2 aromatic rings. The first kappa shape index (κ1) is 18.3. The fourth-order valence-corrected chi connectivity index (χ4v) is 2.65. The molecule has 0 radical (unpaired) electrons. The monoisotopic (exact) mass is 355 g/mol. The Kier molecular flexibility index (Phi) is 5.87. The molecule has 1 aromatic carbocycles. The van der Waals surface area contributed by atoms with E-state index in [4.69, 9.17) is 10.5 Å². The van der Waals surface area contributed by atoms with Crippen molar-refractivity contribution in [3.8, 4) is 5.69 Å². The van der Waals surface area contributed by atoms with Crippen LogP contribution in [0.1, 0.15) is 12.8 Å². The van der Waals surface area contributed by atoms with Gasteiger partial charge in [0.25, 0.3) is 0 Å². The molecule has 1 amide bonds. The summed E-state index contributed by atoms with van der Waals surface area (Å²) in [7, 11) is 0. The van der Waals surface area contributed by atoms with Crippen LogP contribution in [0.3, 0.4) is 0 Å². The number of aromatic nitrogens is 3. The minimum atomic E-state index is -0.653. The maximum absolute atomic E-state index is 14.2. The van der Waals surface area contributed by atoms with Crippen molar-refractivity contribution < 1.29 is 13.9 Å². The van der Waals surface area contributed by atoms with E-state index in [9.17, 15) is 9.18 Å². The third-order valence-corrected chi connectivity index (χ3v) is 4.19. The van der Waals surface area contributed by atoms with Gasteiger partial charge in [-0.2, -0.15) is 5.10 Å². The lowest BCUT2D eigenvalue weighted by atomic mass is 9.79. The van der Waals surface area contributed by atoms with Gasteiger partial charge in [-0.1, -0.05) is 0 Å². The summed E-state index contributed by atoms with van der Waals surface area (Å²) in [4.78, 5) is 16.3. The maximum atomic E-state index is 14.2. The quantitative estimate of drug-likeness (QED) is 0.867. The summed E-state index contributed by atoms with van der Waals surface area (Å²) in [5.41, 5.74) is 5.80. The molecular formula is C15H19ClFN5O2. The van der Waals surface area contributed by atoms with Gasteiger partial charge in [0, 0.05) is 25.4 Å². The molecule has 0 spiro atoms. The number of anilines is 1. The first-order valence-corrected chi connectivity index (χ1v) is 7.38. The summed E-state index contributed by atoms with van der Waals surface area (Å²) in [5, 5.41) is 6.64. The highest BCUT2D eigenvalue weighted by Gasteiger charge is 2.38. The van der Waals surface area contributed by atoms with Crippen LogP contribution in [0.5, 0.6) is 0 Å². The first-order chi connectivity index (χ1) is 11.1. The van der Waals surface area contributed by atoms with Crippen molar-refractivity contribution in [1.82, 2.24) is 14.8 Å². The second-order valence-electron chi connectivity index (χ2n) is 5.56. The van der Waals surface area contributed by atoms with E-state index in [1.54, 1.807) is 12.1 Å². The van der Waals surface area contributed by atoms with Crippen LogP contribution < -0.4 is 11.1 Å². The lowest BCUT2D eigenvalue weighted by Gasteiger charge is -2.34. The van der Waals surface area contributed by atoms with E-state index in [2.05, 4.69) is 15.4 Å². The lowest BCUT2D eigenvalue weighted by molar-refractivity contribution is -0.130. The summed E-state index contributed by atoms with van der Waals surface area (Å²) >= 11 is 0. The fraction of sp³-hybridized carbons (Fsp3) is 0.400. The zero-order valence-electron chi connectivity index (χ0n) is 12.9. The molecule has 0 aliphatic carbocycles. The Bertz CT molecular complexity index is 689. The summed E-state index contributed by atoms with van der Waals surface area (Å²) in [5.74, 6) is -0.696. The number of benzene rings is 1.